The molecule has 0 aliphatic rings. The third kappa shape index (κ3) is 3.13. The number of benzene rings is 1. The minimum atomic E-state index is 0.0797. The zero-order valence-electron chi connectivity index (χ0n) is 9.48. The molecule has 2 aromatic rings. The molecular weight excluding hydrogens is 298 g/mol. The summed E-state index contributed by atoms with van der Waals surface area (Å²) in [5.41, 5.74) is 5.24. The molecule has 3 nitrogen and oxygen atoms in total. The number of hydrazine groups is 1. The molecule has 0 saturated carbocycles. The highest BCUT2D eigenvalue weighted by atomic mass is 79.9. The van der Waals surface area contributed by atoms with Crippen molar-refractivity contribution in [2.75, 3.05) is 0 Å². The smallest absolute Gasteiger partial charge is 0.0944 e. The van der Waals surface area contributed by atoms with E-state index in [9.17, 15) is 0 Å². The molecule has 1 atom stereocenters. The second-order valence-electron chi connectivity index (χ2n) is 3.87. The lowest BCUT2D eigenvalue weighted by molar-refractivity contribution is 0.548. The van der Waals surface area contributed by atoms with E-state index in [-0.39, 0.29) is 6.04 Å². The van der Waals surface area contributed by atoms with Gasteiger partial charge in [0.1, 0.15) is 0 Å². The standard InChI is InChI=1S/C12H14BrN3S/c1-8-2-3-9(10(13)6-8)11(16-14)7-12-15-4-5-17-12/h2-6,11,16H,7,14H2,1H3. The number of halogens is 1. The van der Waals surface area contributed by atoms with E-state index in [0.717, 1.165) is 21.5 Å². The molecule has 1 aromatic heterocycles. The van der Waals surface area contributed by atoms with Gasteiger partial charge in [0.2, 0.25) is 0 Å². The highest BCUT2D eigenvalue weighted by molar-refractivity contribution is 9.10. The fraction of sp³-hybridized carbons (Fsp3) is 0.250. The van der Waals surface area contributed by atoms with Gasteiger partial charge in [-0.2, -0.15) is 0 Å². The topological polar surface area (TPSA) is 50.9 Å². The molecule has 0 aliphatic carbocycles. The number of nitrogens with zero attached hydrogens (tertiary/aromatic N) is 1. The average Bonchev–Trinajstić information content (AvgIpc) is 2.79. The van der Waals surface area contributed by atoms with Crippen LogP contribution in [0.4, 0.5) is 0 Å². The van der Waals surface area contributed by atoms with Crippen LogP contribution in [0.3, 0.4) is 0 Å². The van der Waals surface area contributed by atoms with Crippen molar-refractivity contribution in [2.45, 2.75) is 19.4 Å². The van der Waals surface area contributed by atoms with Crippen molar-refractivity contribution in [2.24, 2.45) is 5.84 Å². The van der Waals surface area contributed by atoms with Crippen LogP contribution in [0.2, 0.25) is 0 Å². The Morgan fingerprint density at radius 2 is 2.35 bits per heavy atom. The maximum absolute atomic E-state index is 5.63. The number of aryl methyl sites for hydroxylation is 1. The molecule has 0 saturated heterocycles. The SMILES string of the molecule is Cc1ccc(C(Cc2nccs2)NN)c(Br)c1. The maximum atomic E-state index is 5.63. The summed E-state index contributed by atoms with van der Waals surface area (Å²) < 4.78 is 1.08. The summed E-state index contributed by atoms with van der Waals surface area (Å²) in [4.78, 5) is 4.28. The lowest BCUT2D eigenvalue weighted by Crippen LogP contribution is -2.29. The second kappa shape index (κ2) is 5.73. The quantitative estimate of drug-likeness (QED) is 0.674. The van der Waals surface area contributed by atoms with Crippen LogP contribution in [-0.4, -0.2) is 4.98 Å². The lowest BCUT2D eigenvalue weighted by atomic mass is 10.0. The largest absolute Gasteiger partial charge is 0.271 e. The van der Waals surface area contributed by atoms with Crippen LogP contribution in [0.1, 0.15) is 22.2 Å². The van der Waals surface area contributed by atoms with E-state index in [2.05, 4.69) is 51.5 Å². The molecule has 0 bridgehead atoms. The van der Waals surface area contributed by atoms with Crippen LogP contribution in [0, 0.1) is 6.92 Å². The summed E-state index contributed by atoms with van der Waals surface area (Å²) in [5, 5.41) is 3.06. The van der Waals surface area contributed by atoms with Crippen molar-refractivity contribution in [3.8, 4) is 0 Å². The molecule has 0 amide bonds. The Kier molecular flexibility index (Phi) is 4.28. The molecule has 0 spiro atoms. The predicted molar refractivity (Wildman–Crippen MR) is 74.8 cm³/mol. The normalized spacial score (nSPS) is 12.6. The van der Waals surface area contributed by atoms with E-state index in [1.54, 1.807) is 11.3 Å². The molecule has 17 heavy (non-hydrogen) atoms. The number of hydrogen-bond acceptors (Lipinski definition) is 4. The van der Waals surface area contributed by atoms with Crippen LogP contribution in [-0.2, 0) is 6.42 Å². The van der Waals surface area contributed by atoms with Crippen LogP contribution in [0.5, 0.6) is 0 Å². The Balaban J connectivity index is 2.23. The van der Waals surface area contributed by atoms with Gasteiger partial charge in [-0.05, 0) is 24.1 Å². The average molecular weight is 312 g/mol. The number of hydrogen-bond donors (Lipinski definition) is 2. The molecule has 1 heterocycles. The van der Waals surface area contributed by atoms with E-state index in [1.807, 2.05) is 11.6 Å². The Hall–Kier alpha value is -0.750. The molecule has 0 radical (unpaired) electrons. The van der Waals surface area contributed by atoms with Gasteiger partial charge in [-0.1, -0.05) is 28.1 Å². The molecule has 1 aromatic carbocycles. The Bertz CT molecular complexity index is 485. The molecule has 3 N–H and O–H groups in total. The highest BCUT2D eigenvalue weighted by Crippen LogP contribution is 2.27. The third-order valence-electron chi connectivity index (χ3n) is 2.59. The van der Waals surface area contributed by atoms with Gasteiger partial charge in [0.05, 0.1) is 11.0 Å². The number of thiazole rings is 1. The summed E-state index contributed by atoms with van der Waals surface area (Å²) in [5.74, 6) is 5.63. The molecule has 2 rings (SSSR count). The van der Waals surface area contributed by atoms with Crippen LogP contribution < -0.4 is 11.3 Å². The van der Waals surface area contributed by atoms with E-state index in [4.69, 9.17) is 5.84 Å². The Labute approximate surface area is 113 Å². The van der Waals surface area contributed by atoms with E-state index in [1.165, 1.54) is 5.56 Å². The molecule has 90 valence electrons. The van der Waals surface area contributed by atoms with Gasteiger partial charge in [0.25, 0.3) is 0 Å². The summed E-state index contributed by atoms with van der Waals surface area (Å²) >= 11 is 5.23. The van der Waals surface area contributed by atoms with Gasteiger partial charge in [0.15, 0.2) is 0 Å². The van der Waals surface area contributed by atoms with Gasteiger partial charge in [0, 0.05) is 22.5 Å². The first kappa shape index (κ1) is 12.7. The van der Waals surface area contributed by atoms with Crippen LogP contribution >= 0.6 is 27.3 Å². The van der Waals surface area contributed by atoms with Crippen molar-refractivity contribution >= 4 is 27.3 Å². The first-order valence-electron chi connectivity index (χ1n) is 5.31. The number of rotatable bonds is 4. The van der Waals surface area contributed by atoms with E-state index >= 15 is 0 Å². The summed E-state index contributed by atoms with van der Waals surface area (Å²) in [6.07, 6.45) is 2.62. The molecule has 1 unspecified atom stereocenters. The Morgan fingerprint density at radius 3 is 2.94 bits per heavy atom. The van der Waals surface area contributed by atoms with Crippen LogP contribution in [0.15, 0.2) is 34.2 Å². The molecule has 0 fully saturated rings. The highest BCUT2D eigenvalue weighted by Gasteiger charge is 2.14. The van der Waals surface area contributed by atoms with Gasteiger partial charge in [-0.15, -0.1) is 11.3 Å². The van der Waals surface area contributed by atoms with Crippen molar-refractivity contribution in [1.29, 1.82) is 0 Å². The number of aromatic nitrogens is 1. The van der Waals surface area contributed by atoms with Crippen molar-refractivity contribution < 1.29 is 0 Å². The van der Waals surface area contributed by atoms with E-state index in [0.29, 0.717) is 0 Å². The summed E-state index contributed by atoms with van der Waals surface area (Å²) in [6, 6.07) is 6.36. The zero-order valence-corrected chi connectivity index (χ0v) is 11.9. The summed E-state index contributed by atoms with van der Waals surface area (Å²) in [6.45, 7) is 2.07. The molecule has 5 heteroatoms. The summed E-state index contributed by atoms with van der Waals surface area (Å²) in [7, 11) is 0. The van der Waals surface area contributed by atoms with Gasteiger partial charge in [-0.3, -0.25) is 11.3 Å². The molecule has 0 aliphatic heterocycles. The third-order valence-corrected chi connectivity index (χ3v) is 4.08. The first-order valence-corrected chi connectivity index (χ1v) is 6.98. The maximum Gasteiger partial charge on any atom is 0.0944 e. The van der Waals surface area contributed by atoms with Crippen molar-refractivity contribution in [1.82, 2.24) is 10.4 Å². The van der Waals surface area contributed by atoms with Crippen molar-refractivity contribution in [3.63, 3.8) is 0 Å². The van der Waals surface area contributed by atoms with Crippen LogP contribution in [0.25, 0.3) is 0 Å². The predicted octanol–water partition coefficient (Wildman–Crippen LogP) is 2.96. The second-order valence-corrected chi connectivity index (χ2v) is 5.71. The minimum Gasteiger partial charge on any atom is -0.271 e. The zero-order chi connectivity index (χ0) is 12.3. The fourth-order valence-corrected chi connectivity index (χ4v) is 3.13. The van der Waals surface area contributed by atoms with E-state index < -0.39 is 0 Å². The minimum absolute atomic E-state index is 0.0797. The van der Waals surface area contributed by atoms with Gasteiger partial charge < -0.3 is 0 Å². The molecular formula is C12H14BrN3S. The monoisotopic (exact) mass is 311 g/mol. The number of nitrogens with one attached hydrogen (secondary N) is 1. The van der Waals surface area contributed by atoms with Gasteiger partial charge in [-0.25, -0.2) is 4.98 Å². The lowest BCUT2D eigenvalue weighted by Gasteiger charge is -2.17. The first-order chi connectivity index (χ1) is 8.20. The fourth-order valence-electron chi connectivity index (χ4n) is 1.70. The van der Waals surface area contributed by atoms with Gasteiger partial charge >= 0.3 is 0 Å². The van der Waals surface area contributed by atoms with Crippen molar-refractivity contribution in [3.05, 3.63) is 50.4 Å². The Morgan fingerprint density at radius 1 is 1.53 bits per heavy atom. The number of nitrogens with two attached hydrogens (primary N) is 1.